The van der Waals surface area contributed by atoms with Gasteiger partial charge in [-0.2, -0.15) is 0 Å². The summed E-state index contributed by atoms with van der Waals surface area (Å²) in [6, 6.07) is 46.6. The Morgan fingerprint density at radius 1 is 0.476 bits per heavy atom. The number of ether oxygens (including phenoxy) is 1. The number of benzene rings is 6. The molecular formula is C38H22N2OS. The lowest BCUT2D eigenvalue weighted by atomic mass is 9.93. The number of aromatic nitrogens is 2. The van der Waals surface area contributed by atoms with E-state index in [0.29, 0.717) is 5.82 Å². The highest BCUT2D eigenvalue weighted by atomic mass is 32.1. The van der Waals surface area contributed by atoms with Crippen molar-refractivity contribution >= 4 is 42.3 Å². The molecule has 1 aliphatic heterocycles. The van der Waals surface area contributed by atoms with Crippen LogP contribution in [0.4, 0.5) is 0 Å². The van der Waals surface area contributed by atoms with E-state index in [1.54, 1.807) is 0 Å². The van der Waals surface area contributed by atoms with Gasteiger partial charge in [-0.3, -0.25) is 0 Å². The van der Waals surface area contributed by atoms with Crippen LogP contribution in [0.5, 0.6) is 11.5 Å². The van der Waals surface area contributed by atoms with Gasteiger partial charge >= 0.3 is 0 Å². The molecule has 0 N–H and O–H groups in total. The Morgan fingerprint density at radius 3 is 2.10 bits per heavy atom. The average Bonchev–Trinajstić information content (AvgIpc) is 3.43. The molecule has 3 heterocycles. The van der Waals surface area contributed by atoms with Crippen LogP contribution in [0.2, 0.25) is 0 Å². The normalized spacial score (nSPS) is 12.0. The van der Waals surface area contributed by atoms with Gasteiger partial charge in [0.15, 0.2) is 5.82 Å². The molecule has 9 rings (SSSR count). The molecule has 3 nitrogen and oxygen atoms in total. The van der Waals surface area contributed by atoms with Gasteiger partial charge < -0.3 is 4.74 Å². The molecule has 0 bridgehead atoms. The molecule has 0 spiro atoms. The first-order valence-corrected chi connectivity index (χ1v) is 14.8. The predicted molar refractivity (Wildman–Crippen MR) is 174 cm³/mol. The Hall–Kier alpha value is -5.32. The van der Waals surface area contributed by atoms with Crippen molar-refractivity contribution in [3.8, 4) is 56.5 Å². The van der Waals surface area contributed by atoms with Gasteiger partial charge in [0.2, 0.25) is 0 Å². The molecule has 0 aliphatic carbocycles. The number of rotatable bonds is 3. The molecule has 6 aromatic carbocycles. The quantitative estimate of drug-likeness (QED) is 0.218. The van der Waals surface area contributed by atoms with Crippen molar-refractivity contribution in [2.75, 3.05) is 0 Å². The topological polar surface area (TPSA) is 35.0 Å². The van der Waals surface area contributed by atoms with E-state index in [0.717, 1.165) is 50.5 Å². The molecule has 8 aromatic rings. The van der Waals surface area contributed by atoms with Crippen LogP contribution in [0.1, 0.15) is 0 Å². The van der Waals surface area contributed by atoms with E-state index in [9.17, 15) is 0 Å². The van der Waals surface area contributed by atoms with Gasteiger partial charge in [-0.1, -0.05) is 84.9 Å². The summed E-state index contributed by atoms with van der Waals surface area (Å²) < 4.78 is 8.94. The highest BCUT2D eigenvalue weighted by molar-refractivity contribution is 7.25. The fraction of sp³-hybridized carbons (Fsp3) is 0. The Kier molecular flexibility index (Phi) is 5.07. The average molecular weight is 555 g/mol. The molecule has 0 saturated heterocycles. The maximum Gasteiger partial charge on any atom is 0.160 e. The summed E-state index contributed by atoms with van der Waals surface area (Å²) in [5.74, 6) is 2.47. The van der Waals surface area contributed by atoms with Crippen LogP contribution in [0.3, 0.4) is 0 Å². The van der Waals surface area contributed by atoms with Gasteiger partial charge in [0, 0.05) is 47.8 Å². The number of thiophene rings is 1. The summed E-state index contributed by atoms with van der Waals surface area (Å²) in [7, 11) is 0. The zero-order valence-electron chi connectivity index (χ0n) is 22.4. The van der Waals surface area contributed by atoms with Crippen LogP contribution >= 0.6 is 11.3 Å². The van der Waals surface area contributed by atoms with E-state index in [-0.39, 0.29) is 0 Å². The minimum Gasteiger partial charge on any atom is -0.456 e. The number of nitrogens with zero attached hydrogens (tertiary/aromatic N) is 2. The van der Waals surface area contributed by atoms with E-state index >= 15 is 0 Å². The summed E-state index contributed by atoms with van der Waals surface area (Å²) in [5, 5.41) is 4.86. The molecule has 4 heteroatoms. The van der Waals surface area contributed by atoms with Crippen LogP contribution in [0.15, 0.2) is 133 Å². The van der Waals surface area contributed by atoms with Crippen molar-refractivity contribution in [3.05, 3.63) is 133 Å². The van der Waals surface area contributed by atoms with Gasteiger partial charge in [-0.05, 0) is 59.5 Å². The molecule has 0 fully saturated rings. The van der Waals surface area contributed by atoms with Crippen LogP contribution in [-0.2, 0) is 0 Å². The molecule has 2 aromatic heterocycles. The standard InChI is InChI=1S/C38H22N2OS/c1-2-8-24(9-3-1)38-39-31(22-32(40-38)26-17-19-36-30(21-26)27-12-4-5-15-35(27)42-36)25-16-18-33-29(20-25)28-13-6-10-23-11-7-14-34(41-33)37(23)28/h1-22H. The first-order chi connectivity index (χ1) is 20.8. The first kappa shape index (κ1) is 23.4. The van der Waals surface area contributed by atoms with Gasteiger partial charge in [0.05, 0.1) is 11.4 Å². The summed E-state index contributed by atoms with van der Waals surface area (Å²) in [4.78, 5) is 10.2. The van der Waals surface area contributed by atoms with E-state index < -0.39 is 0 Å². The fourth-order valence-corrected chi connectivity index (χ4v) is 7.15. The molecule has 0 radical (unpaired) electrons. The zero-order chi connectivity index (χ0) is 27.6. The summed E-state index contributed by atoms with van der Waals surface area (Å²) in [6.07, 6.45) is 0. The Morgan fingerprint density at radius 2 is 1.21 bits per heavy atom. The second-order valence-corrected chi connectivity index (χ2v) is 11.7. The lowest BCUT2D eigenvalue weighted by Gasteiger charge is -2.22. The molecule has 0 unspecified atom stereocenters. The Labute approximate surface area is 246 Å². The van der Waals surface area contributed by atoms with Gasteiger partial charge in [0.25, 0.3) is 0 Å². The second kappa shape index (κ2) is 9.10. The number of hydrogen-bond donors (Lipinski definition) is 0. The molecule has 42 heavy (non-hydrogen) atoms. The molecular weight excluding hydrogens is 532 g/mol. The van der Waals surface area contributed by atoms with Crippen LogP contribution in [0.25, 0.3) is 76.0 Å². The number of fused-ring (bicyclic) bond motifs is 5. The number of hydrogen-bond acceptors (Lipinski definition) is 4. The third-order valence-corrected chi connectivity index (χ3v) is 9.23. The minimum absolute atomic E-state index is 0.708. The first-order valence-electron chi connectivity index (χ1n) is 14.0. The predicted octanol–water partition coefficient (Wildman–Crippen LogP) is 10.8. The van der Waals surface area contributed by atoms with Crippen LogP contribution in [-0.4, -0.2) is 9.97 Å². The SMILES string of the molecule is c1ccc(-c2nc(-c3ccc4c(c3)-c3cccc5cccc(c35)O4)cc(-c3ccc4sc5ccccc5c4c3)n2)cc1. The van der Waals surface area contributed by atoms with Crippen molar-refractivity contribution in [2.24, 2.45) is 0 Å². The lowest BCUT2D eigenvalue weighted by molar-refractivity contribution is 0.487. The van der Waals surface area contributed by atoms with Crippen molar-refractivity contribution < 1.29 is 4.74 Å². The molecule has 0 saturated carbocycles. The maximum absolute atomic E-state index is 6.36. The smallest absolute Gasteiger partial charge is 0.160 e. The van der Waals surface area contributed by atoms with Crippen molar-refractivity contribution in [2.45, 2.75) is 0 Å². The Balaban J connectivity index is 1.24. The fourth-order valence-electron chi connectivity index (χ4n) is 6.07. The van der Waals surface area contributed by atoms with Crippen LogP contribution < -0.4 is 4.74 Å². The van der Waals surface area contributed by atoms with Crippen molar-refractivity contribution in [3.63, 3.8) is 0 Å². The van der Waals surface area contributed by atoms with E-state index in [2.05, 4.69) is 103 Å². The van der Waals surface area contributed by atoms with E-state index in [4.69, 9.17) is 14.7 Å². The molecule has 1 aliphatic rings. The van der Waals surface area contributed by atoms with Gasteiger partial charge in [-0.25, -0.2) is 9.97 Å². The third-order valence-electron chi connectivity index (χ3n) is 8.08. The van der Waals surface area contributed by atoms with E-state index in [1.807, 2.05) is 41.7 Å². The maximum atomic E-state index is 6.36. The minimum atomic E-state index is 0.708. The third kappa shape index (κ3) is 3.66. The largest absolute Gasteiger partial charge is 0.456 e. The lowest BCUT2D eigenvalue weighted by Crippen LogP contribution is -1.99. The van der Waals surface area contributed by atoms with Crippen LogP contribution in [0, 0.1) is 0 Å². The molecule has 0 atom stereocenters. The summed E-state index contributed by atoms with van der Waals surface area (Å²) >= 11 is 1.83. The highest BCUT2D eigenvalue weighted by Crippen LogP contribution is 2.47. The zero-order valence-corrected chi connectivity index (χ0v) is 23.2. The van der Waals surface area contributed by atoms with Crippen molar-refractivity contribution in [1.82, 2.24) is 9.97 Å². The highest BCUT2D eigenvalue weighted by Gasteiger charge is 2.21. The second-order valence-electron chi connectivity index (χ2n) is 10.6. The molecule has 0 amide bonds. The van der Waals surface area contributed by atoms with Gasteiger partial charge in [0.1, 0.15) is 11.5 Å². The summed E-state index contributed by atoms with van der Waals surface area (Å²) in [6.45, 7) is 0. The van der Waals surface area contributed by atoms with Crippen molar-refractivity contribution in [1.29, 1.82) is 0 Å². The Bertz CT molecular complexity index is 2330. The molecule has 196 valence electrons. The summed E-state index contributed by atoms with van der Waals surface area (Å²) in [5.41, 5.74) is 7.12. The van der Waals surface area contributed by atoms with E-state index in [1.165, 1.54) is 31.1 Å². The van der Waals surface area contributed by atoms with Gasteiger partial charge in [-0.15, -0.1) is 11.3 Å². The monoisotopic (exact) mass is 554 g/mol.